The van der Waals surface area contributed by atoms with Gasteiger partial charge in [-0.25, -0.2) is 0 Å². The highest BCUT2D eigenvalue weighted by molar-refractivity contribution is 6.13. The lowest BCUT2D eigenvalue weighted by Crippen LogP contribution is -2.25. The molecule has 0 unspecified atom stereocenters. The molecule has 0 radical (unpaired) electrons. The fraction of sp³-hybridized carbons (Fsp3) is 0.0625. The minimum Gasteiger partial charge on any atom is -0.508 e. The molecule has 0 aliphatic carbocycles. The maximum atomic E-state index is 12.5. The number of phenolic OH excluding ortho intramolecular Hbond substituents is 1. The minimum atomic E-state index is -0.152. The van der Waals surface area contributed by atoms with Crippen molar-refractivity contribution < 1.29 is 14.3 Å². The van der Waals surface area contributed by atoms with E-state index in [1.165, 1.54) is 11.2 Å². The number of nitrogens with zero attached hydrogens (tertiary/aromatic N) is 1. The number of carbonyl (C=O) groups is 1. The van der Waals surface area contributed by atoms with Crippen molar-refractivity contribution in [1.82, 2.24) is 0 Å². The second-order valence-corrected chi connectivity index (χ2v) is 4.53. The molecule has 1 N–H and O–H groups in total. The fourth-order valence-corrected chi connectivity index (χ4v) is 2.12. The molecule has 1 amide bonds. The summed E-state index contributed by atoms with van der Waals surface area (Å²) >= 11 is 0. The lowest BCUT2D eigenvalue weighted by Gasteiger charge is -2.16. The molecule has 3 rings (SSSR count). The summed E-state index contributed by atoms with van der Waals surface area (Å²) in [6.07, 6.45) is 1.48. The van der Waals surface area contributed by atoms with Gasteiger partial charge in [-0.1, -0.05) is 18.2 Å². The zero-order chi connectivity index (χ0) is 14.1. The number of hydrogen-bond donors (Lipinski definition) is 1. The lowest BCUT2D eigenvalue weighted by molar-refractivity contribution is 0.0993. The molecule has 3 aromatic rings. The lowest BCUT2D eigenvalue weighted by atomic mass is 10.1. The Kier molecular flexibility index (Phi) is 2.91. The Balaban J connectivity index is 1.97. The standard InChI is InChI=1S/C16H13NO3/c1-17(11-6-8-12(18)9-7-11)16(19)14-10-20-15-5-3-2-4-13(14)15/h2-10,18H,1H3. The van der Waals surface area contributed by atoms with Crippen molar-refractivity contribution in [2.45, 2.75) is 0 Å². The van der Waals surface area contributed by atoms with E-state index in [0.29, 0.717) is 16.8 Å². The summed E-state index contributed by atoms with van der Waals surface area (Å²) < 4.78 is 5.39. The van der Waals surface area contributed by atoms with Crippen molar-refractivity contribution >= 4 is 22.6 Å². The molecule has 0 aliphatic rings. The van der Waals surface area contributed by atoms with Gasteiger partial charge in [0.1, 0.15) is 17.6 Å². The molecular weight excluding hydrogens is 254 g/mol. The molecule has 0 aliphatic heterocycles. The number of para-hydroxylation sites is 1. The molecule has 1 aromatic heterocycles. The average molecular weight is 267 g/mol. The van der Waals surface area contributed by atoms with E-state index in [-0.39, 0.29) is 11.7 Å². The van der Waals surface area contributed by atoms with E-state index in [2.05, 4.69) is 0 Å². The minimum absolute atomic E-state index is 0.152. The number of aromatic hydroxyl groups is 1. The number of furan rings is 1. The van der Waals surface area contributed by atoms with Gasteiger partial charge in [0.25, 0.3) is 5.91 Å². The number of hydrogen-bond acceptors (Lipinski definition) is 3. The molecule has 0 saturated carbocycles. The van der Waals surface area contributed by atoms with Gasteiger partial charge < -0.3 is 14.4 Å². The normalized spacial score (nSPS) is 10.7. The Hall–Kier alpha value is -2.75. The summed E-state index contributed by atoms with van der Waals surface area (Å²) in [7, 11) is 1.69. The van der Waals surface area contributed by atoms with E-state index in [4.69, 9.17) is 4.42 Å². The first-order chi connectivity index (χ1) is 9.66. The molecule has 20 heavy (non-hydrogen) atoms. The van der Waals surface area contributed by atoms with E-state index in [9.17, 15) is 9.90 Å². The smallest absolute Gasteiger partial charge is 0.261 e. The van der Waals surface area contributed by atoms with Crippen LogP contribution in [-0.4, -0.2) is 18.1 Å². The predicted octanol–water partition coefficient (Wildman–Crippen LogP) is 3.42. The van der Waals surface area contributed by atoms with Crippen LogP contribution < -0.4 is 4.90 Å². The zero-order valence-electron chi connectivity index (χ0n) is 10.9. The first kappa shape index (κ1) is 12.3. The third-order valence-corrected chi connectivity index (χ3v) is 3.25. The van der Waals surface area contributed by atoms with Crippen LogP contribution in [0.2, 0.25) is 0 Å². The van der Waals surface area contributed by atoms with Crippen molar-refractivity contribution in [1.29, 1.82) is 0 Å². The topological polar surface area (TPSA) is 53.7 Å². The highest BCUT2D eigenvalue weighted by atomic mass is 16.3. The molecule has 1 heterocycles. The van der Waals surface area contributed by atoms with E-state index in [1.54, 1.807) is 31.3 Å². The second-order valence-electron chi connectivity index (χ2n) is 4.53. The summed E-state index contributed by atoms with van der Waals surface area (Å²) in [6, 6.07) is 13.9. The Morgan fingerprint density at radius 2 is 1.80 bits per heavy atom. The SMILES string of the molecule is CN(C(=O)c1coc2ccccc12)c1ccc(O)cc1. The molecule has 2 aromatic carbocycles. The first-order valence-corrected chi connectivity index (χ1v) is 6.20. The molecule has 4 heteroatoms. The van der Waals surface area contributed by atoms with Gasteiger partial charge >= 0.3 is 0 Å². The van der Waals surface area contributed by atoms with Crippen molar-refractivity contribution in [2.75, 3.05) is 11.9 Å². The van der Waals surface area contributed by atoms with Crippen molar-refractivity contribution in [2.24, 2.45) is 0 Å². The van der Waals surface area contributed by atoms with Gasteiger partial charge in [0.15, 0.2) is 0 Å². The molecular formula is C16H13NO3. The monoisotopic (exact) mass is 267 g/mol. The summed E-state index contributed by atoms with van der Waals surface area (Å²) in [5, 5.41) is 10.1. The largest absolute Gasteiger partial charge is 0.508 e. The zero-order valence-corrected chi connectivity index (χ0v) is 10.9. The summed E-state index contributed by atoms with van der Waals surface area (Å²) in [6.45, 7) is 0. The van der Waals surface area contributed by atoms with E-state index < -0.39 is 0 Å². The third kappa shape index (κ3) is 2.01. The number of benzene rings is 2. The molecule has 4 nitrogen and oxygen atoms in total. The van der Waals surface area contributed by atoms with Crippen LogP contribution in [0.1, 0.15) is 10.4 Å². The molecule has 0 saturated heterocycles. The van der Waals surface area contributed by atoms with Crippen LogP contribution in [0.3, 0.4) is 0 Å². The van der Waals surface area contributed by atoms with Gasteiger partial charge in [-0.3, -0.25) is 4.79 Å². The number of fused-ring (bicyclic) bond motifs is 1. The molecule has 100 valence electrons. The van der Waals surface area contributed by atoms with Crippen LogP contribution in [0, 0.1) is 0 Å². The van der Waals surface area contributed by atoms with Gasteiger partial charge in [-0.15, -0.1) is 0 Å². The summed E-state index contributed by atoms with van der Waals surface area (Å²) in [5.41, 5.74) is 1.92. The van der Waals surface area contributed by atoms with Crippen molar-refractivity contribution in [3.8, 4) is 5.75 Å². The summed E-state index contributed by atoms with van der Waals surface area (Å²) in [4.78, 5) is 14.0. The number of phenols is 1. The number of rotatable bonds is 2. The fourth-order valence-electron chi connectivity index (χ4n) is 2.12. The summed E-state index contributed by atoms with van der Waals surface area (Å²) in [5.74, 6) is 0.0176. The van der Waals surface area contributed by atoms with E-state index in [0.717, 1.165) is 5.39 Å². The Morgan fingerprint density at radius 3 is 2.55 bits per heavy atom. The second kappa shape index (κ2) is 4.74. The quantitative estimate of drug-likeness (QED) is 0.774. The van der Waals surface area contributed by atoms with Gasteiger partial charge in [0.2, 0.25) is 0 Å². The highest BCUT2D eigenvalue weighted by Gasteiger charge is 2.18. The maximum Gasteiger partial charge on any atom is 0.261 e. The maximum absolute atomic E-state index is 12.5. The Morgan fingerprint density at radius 1 is 1.10 bits per heavy atom. The van der Waals surface area contributed by atoms with Gasteiger partial charge in [-0.05, 0) is 30.3 Å². The van der Waals surface area contributed by atoms with Gasteiger partial charge in [0.05, 0.1) is 5.56 Å². The first-order valence-electron chi connectivity index (χ1n) is 6.20. The van der Waals surface area contributed by atoms with Crippen molar-refractivity contribution in [3.05, 3.63) is 60.4 Å². The number of amides is 1. The molecule has 0 fully saturated rings. The number of carbonyl (C=O) groups excluding carboxylic acids is 1. The molecule has 0 spiro atoms. The Bertz CT molecular complexity index is 759. The third-order valence-electron chi connectivity index (χ3n) is 3.25. The van der Waals surface area contributed by atoms with Gasteiger partial charge in [0, 0.05) is 18.1 Å². The van der Waals surface area contributed by atoms with Gasteiger partial charge in [-0.2, -0.15) is 0 Å². The number of anilines is 1. The van der Waals surface area contributed by atoms with E-state index >= 15 is 0 Å². The van der Waals surface area contributed by atoms with E-state index in [1.807, 2.05) is 24.3 Å². The average Bonchev–Trinajstić information content (AvgIpc) is 2.90. The Labute approximate surface area is 115 Å². The molecule has 0 atom stereocenters. The van der Waals surface area contributed by atoms with Crippen molar-refractivity contribution in [3.63, 3.8) is 0 Å². The van der Waals surface area contributed by atoms with Crippen LogP contribution in [0.4, 0.5) is 5.69 Å². The molecule has 0 bridgehead atoms. The van der Waals surface area contributed by atoms with Crippen LogP contribution in [0.5, 0.6) is 5.75 Å². The predicted molar refractivity (Wildman–Crippen MR) is 77.1 cm³/mol. The van der Waals surface area contributed by atoms with Crippen LogP contribution >= 0.6 is 0 Å². The van der Waals surface area contributed by atoms with Crippen LogP contribution in [-0.2, 0) is 0 Å². The highest BCUT2D eigenvalue weighted by Crippen LogP contribution is 2.24. The van der Waals surface area contributed by atoms with Crippen LogP contribution in [0.25, 0.3) is 11.0 Å². The van der Waals surface area contributed by atoms with Crippen LogP contribution in [0.15, 0.2) is 59.2 Å².